The molecule has 14 aromatic rings. The van der Waals surface area contributed by atoms with E-state index in [9.17, 15) is 0 Å². The van der Waals surface area contributed by atoms with Crippen LogP contribution in [0, 0.1) is 100 Å². The maximum Gasteiger partial charge on any atom is 0.124 e. The lowest BCUT2D eigenvalue weighted by molar-refractivity contribution is 0.305. The van der Waals surface area contributed by atoms with Crippen LogP contribution in [0.5, 0.6) is 5.75 Å². The lowest BCUT2D eigenvalue weighted by Crippen LogP contribution is -1.97. The first-order valence-corrected chi connectivity index (χ1v) is 41.9. The van der Waals surface area contributed by atoms with Gasteiger partial charge in [-0.2, -0.15) is 0 Å². The topological polar surface area (TPSA) is 124 Å². The number of halogens is 1. The number of benzene rings is 8. The van der Waals surface area contributed by atoms with Crippen LogP contribution in [0.3, 0.4) is 0 Å². The predicted molar refractivity (Wildman–Crippen MR) is 505 cm³/mol. The zero-order valence-corrected chi connectivity index (χ0v) is 70.8. The molecular formula is C109H91BrN8O. The molecule has 4 N–H and O–H groups in total. The van der Waals surface area contributed by atoms with Gasteiger partial charge in [0.25, 0.3) is 0 Å². The SMILES string of the molecule is [3H]C#Cc1cc(C)c(-c2c3nc(c(-c4c(C)cc(C)cc4C)c4ccc([nH]4)c(-c4ccc(C#Cc5ccc(-c6c7nc(c(-c8c(C)cc(C)cc8C)c8ccc([nH]8)c(-c8ccc(Br)cc8)c8nc(c(-c9c(C)cc(C)cc9C)c9ccc6[nH]9)C=C8)C=C7)cc5)cc4)c4nc(c(-c5ccc(OCCCCCC)cc5)c5ccc2[nH]5)C=C4)C=C3)c(C)c1. The first-order chi connectivity index (χ1) is 58.3. The molecule has 4 aliphatic heterocycles. The summed E-state index contributed by atoms with van der Waals surface area (Å²) in [4.78, 5) is 38.7. The van der Waals surface area contributed by atoms with Crippen molar-refractivity contribution in [3.05, 3.63) is 322 Å². The fourth-order valence-corrected chi connectivity index (χ4v) is 18.7. The summed E-state index contributed by atoms with van der Waals surface area (Å²) in [7, 11) is 0. The molecule has 0 fully saturated rings. The van der Waals surface area contributed by atoms with Gasteiger partial charge in [0.15, 0.2) is 0 Å². The zero-order chi connectivity index (χ0) is 82.7. The predicted octanol–water partition coefficient (Wildman–Crippen LogP) is 28.5. The summed E-state index contributed by atoms with van der Waals surface area (Å²) in [5, 5.41) is 0. The Labute approximate surface area is 706 Å². The fourth-order valence-electron chi connectivity index (χ4n) is 18.5. The number of hydrogen-bond acceptors (Lipinski definition) is 5. The van der Waals surface area contributed by atoms with Crippen molar-refractivity contribution in [3.8, 4) is 119 Å². The van der Waals surface area contributed by atoms with Crippen LogP contribution in [-0.4, -0.2) is 46.5 Å². The maximum atomic E-state index is 7.79. The summed E-state index contributed by atoms with van der Waals surface area (Å²) in [6.07, 6.45) is 24.2. The van der Waals surface area contributed by atoms with E-state index in [1.807, 2.05) is 0 Å². The normalized spacial score (nSPS) is 12.1. The van der Waals surface area contributed by atoms with Gasteiger partial charge >= 0.3 is 0 Å². The van der Waals surface area contributed by atoms with Crippen LogP contribution in [-0.2, 0) is 0 Å². The Hall–Kier alpha value is -13.6. The molecule has 8 aromatic carbocycles. The monoisotopic (exact) mass is 1610 g/mol. The Morgan fingerprint density at radius 1 is 0.303 bits per heavy atom. The number of ether oxygens (including phenoxy) is 1. The Morgan fingerprint density at radius 2 is 0.563 bits per heavy atom. The summed E-state index contributed by atoms with van der Waals surface area (Å²) >= 11 is 3.72. The molecule has 10 heteroatoms. The average molecular weight is 1610 g/mol. The van der Waals surface area contributed by atoms with Crippen molar-refractivity contribution in [2.24, 2.45) is 0 Å². The zero-order valence-electron chi connectivity index (χ0n) is 70.2. The van der Waals surface area contributed by atoms with Gasteiger partial charge in [0.05, 0.1) is 52.2 Å². The van der Waals surface area contributed by atoms with E-state index in [-0.39, 0.29) is 0 Å². The third-order valence-electron chi connectivity index (χ3n) is 23.5. The number of rotatable bonds is 14. The summed E-state index contributed by atoms with van der Waals surface area (Å²) < 4.78 is 15.1. The largest absolute Gasteiger partial charge is 0.494 e. The van der Waals surface area contributed by atoms with Crippen molar-refractivity contribution in [3.63, 3.8) is 0 Å². The van der Waals surface area contributed by atoms with Gasteiger partial charge in [0, 0.05) is 110 Å². The first-order valence-electron chi connectivity index (χ1n) is 41.6. The molecule has 0 aliphatic carbocycles. The Morgan fingerprint density at radius 3 is 0.849 bits per heavy atom. The Bertz CT molecular complexity index is 7080. The number of fused-ring (bicyclic) bond motifs is 16. The van der Waals surface area contributed by atoms with E-state index in [0.29, 0.717) is 6.61 Å². The molecule has 0 saturated carbocycles. The van der Waals surface area contributed by atoms with Crippen LogP contribution in [0.4, 0.5) is 0 Å². The molecule has 6 aromatic heterocycles. The van der Waals surface area contributed by atoms with Gasteiger partial charge in [-0.3, -0.25) is 0 Å². The first kappa shape index (κ1) is 75.4. The minimum atomic E-state index is 0.667. The van der Waals surface area contributed by atoms with Gasteiger partial charge < -0.3 is 24.7 Å². The third kappa shape index (κ3) is 14.7. The molecule has 0 radical (unpaired) electrons. The molecule has 10 heterocycles. The van der Waals surface area contributed by atoms with Gasteiger partial charge in [-0.25, -0.2) is 19.9 Å². The van der Waals surface area contributed by atoms with Gasteiger partial charge in [-0.1, -0.05) is 161 Å². The molecule has 0 unspecified atom stereocenters. The molecule has 4 aliphatic rings. The van der Waals surface area contributed by atoms with Gasteiger partial charge in [0.2, 0.25) is 0 Å². The number of aryl methyl sites for hydroxylation is 11. The van der Waals surface area contributed by atoms with E-state index in [4.69, 9.17) is 26.0 Å². The lowest BCUT2D eigenvalue weighted by Gasteiger charge is -2.14. The molecule has 0 saturated heterocycles. The standard InChI is InChI=1S/C109H91BrN8O/c1-14-16-17-18-53-119-81-35-31-79(32-36-81)105-83-38-37-82(111-83)102(84-39-47-94(112-84)108(100-69(10)58-64(5)59-70(100)11)96-51-52-97(118-96)109(95-50-44-89(105)117-95)101-71(12)60-73(15-2)61-72(101)13)76-25-21-74(22-26-76)19-20-75-23-27-77(28-24-75)103-85-40-45-90(113-85)106(98-65(6)54-62(3)55-66(98)7)92-48-42-87(115-92)104(78-29-33-80(110)34-30-78)88-43-49-93(116-88)107(91-46-41-86(103)114-91)99-67(8)56-63(4)57-68(99)9/h2,21-52,54-61,112-113,116-117H,14,16-18,53H2,1,3-13H3/i2T. The van der Waals surface area contributed by atoms with Crippen LogP contribution < -0.4 is 4.74 Å². The van der Waals surface area contributed by atoms with Crippen molar-refractivity contribution in [2.75, 3.05) is 6.61 Å². The van der Waals surface area contributed by atoms with Crippen LogP contribution in [0.15, 0.2) is 199 Å². The highest BCUT2D eigenvalue weighted by Crippen LogP contribution is 2.46. The van der Waals surface area contributed by atoms with E-state index in [2.05, 4.69) is 386 Å². The fraction of sp³-hybridized carbons (Fsp3) is 0.156. The molecule has 0 amide bonds. The maximum absolute atomic E-state index is 7.79. The average Bonchev–Trinajstić information content (AvgIpc) is 1.50. The highest BCUT2D eigenvalue weighted by Gasteiger charge is 2.26. The molecule has 16 bridgehead atoms. The molecule has 0 spiro atoms. The Balaban J connectivity index is 0.786. The van der Waals surface area contributed by atoms with Crippen LogP contribution in [0.1, 0.15) is 157 Å². The minimum absolute atomic E-state index is 0.667. The smallest absolute Gasteiger partial charge is 0.124 e. The highest BCUT2D eigenvalue weighted by molar-refractivity contribution is 9.10. The van der Waals surface area contributed by atoms with Gasteiger partial charge in [-0.15, -0.1) is 6.40 Å². The van der Waals surface area contributed by atoms with Crippen molar-refractivity contribution in [1.29, 1.82) is 0 Å². The molecule has 119 heavy (non-hydrogen) atoms. The van der Waals surface area contributed by atoms with E-state index >= 15 is 0 Å². The third-order valence-corrected chi connectivity index (χ3v) is 24.0. The highest BCUT2D eigenvalue weighted by atomic mass is 79.9. The summed E-state index contributed by atoms with van der Waals surface area (Å²) in [6.45, 7) is 26.9. The summed E-state index contributed by atoms with van der Waals surface area (Å²) in [5.74, 6) is 11.0. The number of aromatic amines is 4. The van der Waals surface area contributed by atoms with Crippen molar-refractivity contribution < 1.29 is 6.11 Å². The molecule has 580 valence electrons. The second kappa shape index (κ2) is 31.8. The molecule has 18 rings (SSSR count). The van der Waals surface area contributed by atoms with Crippen molar-refractivity contribution >= 4 is 109 Å². The van der Waals surface area contributed by atoms with E-state index in [0.717, 1.165) is 241 Å². The number of hydrogen-bond donors (Lipinski definition) is 4. The van der Waals surface area contributed by atoms with E-state index in [1.165, 1.54) is 51.8 Å². The summed E-state index contributed by atoms with van der Waals surface area (Å²) in [6, 6.07) is 69.5. The van der Waals surface area contributed by atoms with Crippen molar-refractivity contribution in [2.45, 2.75) is 109 Å². The quantitative estimate of drug-likeness (QED) is 0.0638. The molecular weight excluding hydrogens is 1520 g/mol. The lowest BCUT2D eigenvalue weighted by atomic mass is 9.92. The molecule has 9 nitrogen and oxygen atoms in total. The summed E-state index contributed by atoms with van der Waals surface area (Å²) in [5.41, 5.74) is 45.6. The Kier molecular flexibility index (Phi) is 20.1. The second-order valence-corrected chi connectivity index (χ2v) is 33.2. The van der Waals surface area contributed by atoms with Gasteiger partial charge in [0.1, 0.15) is 7.12 Å². The van der Waals surface area contributed by atoms with Crippen molar-refractivity contribution in [1.82, 2.24) is 39.9 Å². The van der Waals surface area contributed by atoms with Gasteiger partial charge in [-0.05, 0) is 329 Å². The number of aromatic nitrogens is 8. The number of nitrogens with one attached hydrogen (secondary N) is 4. The van der Waals surface area contributed by atoms with E-state index < -0.39 is 0 Å². The second-order valence-electron chi connectivity index (χ2n) is 32.3. The van der Waals surface area contributed by atoms with Crippen LogP contribution in [0.25, 0.3) is 182 Å². The molecule has 0 atom stereocenters. The number of terminal acetylenes is 1. The number of unbranched alkanes of at least 4 members (excludes halogenated alkanes) is 3. The van der Waals surface area contributed by atoms with Crippen LogP contribution in [0.2, 0.25) is 0 Å². The number of H-pyrrole nitrogens is 4. The number of nitrogens with zero attached hydrogens (tertiary/aromatic N) is 4. The minimum Gasteiger partial charge on any atom is -0.494 e. The van der Waals surface area contributed by atoms with E-state index in [1.54, 1.807) is 0 Å². The van der Waals surface area contributed by atoms with Crippen LogP contribution >= 0.6 is 15.9 Å².